The van der Waals surface area contributed by atoms with Crippen molar-refractivity contribution in [3.63, 3.8) is 0 Å². The number of rotatable bonds is 2. The number of hydrogen-bond donors (Lipinski definition) is 1. The van der Waals surface area contributed by atoms with Crippen LogP contribution in [-0.2, 0) is 4.79 Å². The lowest BCUT2D eigenvalue weighted by molar-refractivity contribution is -0.138. The van der Waals surface area contributed by atoms with Gasteiger partial charge in [-0.2, -0.15) is 0 Å². The smallest absolute Gasteiger partial charge is 0.307 e. The summed E-state index contributed by atoms with van der Waals surface area (Å²) in [6, 6.07) is 0. The highest BCUT2D eigenvalue weighted by molar-refractivity contribution is 5.74. The summed E-state index contributed by atoms with van der Waals surface area (Å²) in [6.45, 7) is 0. The van der Waals surface area contributed by atoms with Gasteiger partial charge in [0.2, 0.25) is 0 Å². The van der Waals surface area contributed by atoms with Crippen molar-refractivity contribution in [2.75, 3.05) is 0 Å². The van der Waals surface area contributed by atoms with E-state index in [4.69, 9.17) is 5.11 Å². The van der Waals surface area contributed by atoms with Crippen LogP contribution in [-0.4, -0.2) is 21.0 Å². The summed E-state index contributed by atoms with van der Waals surface area (Å²) in [4.78, 5) is 18.4. The monoisotopic (exact) mass is 164 g/mol. The van der Waals surface area contributed by atoms with E-state index in [-0.39, 0.29) is 11.8 Å². The average Bonchev–Trinajstić information content (AvgIpc) is 2.84. The van der Waals surface area contributed by atoms with Crippen molar-refractivity contribution >= 4 is 5.97 Å². The van der Waals surface area contributed by atoms with Crippen LogP contribution in [0.3, 0.4) is 0 Å². The molecule has 0 aromatic carbocycles. The first kappa shape index (κ1) is 7.21. The summed E-state index contributed by atoms with van der Waals surface area (Å²) < 4.78 is 0. The van der Waals surface area contributed by atoms with E-state index >= 15 is 0 Å². The Balaban J connectivity index is 2.11. The van der Waals surface area contributed by atoms with E-state index in [0.29, 0.717) is 6.42 Å². The normalized spacial score (nSPS) is 26.7. The number of nitrogens with zero attached hydrogens (tertiary/aromatic N) is 2. The van der Waals surface area contributed by atoms with Gasteiger partial charge >= 0.3 is 5.97 Å². The minimum absolute atomic E-state index is 0.0937. The maximum atomic E-state index is 10.5. The van der Waals surface area contributed by atoms with Crippen molar-refractivity contribution < 1.29 is 9.90 Å². The van der Waals surface area contributed by atoms with E-state index in [1.807, 2.05) is 0 Å². The molecule has 1 N–H and O–H groups in total. The third kappa shape index (κ3) is 1.15. The number of aromatic nitrogens is 2. The van der Waals surface area contributed by atoms with Crippen LogP contribution in [0.25, 0.3) is 0 Å². The molecule has 1 aliphatic rings. The Hall–Kier alpha value is -1.45. The molecule has 2 unspecified atom stereocenters. The van der Waals surface area contributed by atoms with Crippen molar-refractivity contribution in [1.29, 1.82) is 0 Å². The van der Waals surface area contributed by atoms with Gasteiger partial charge in [0.1, 0.15) is 0 Å². The second-order valence-corrected chi connectivity index (χ2v) is 2.92. The Morgan fingerprint density at radius 3 is 2.92 bits per heavy atom. The number of carboxylic acids is 1. The van der Waals surface area contributed by atoms with E-state index in [9.17, 15) is 4.79 Å². The highest BCUT2D eigenvalue weighted by Gasteiger charge is 2.45. The fraction of sp³-hybridized carbons (Fsp3) is 0.375. The van der Waals surface area contributed by atoms with Gasteiger partial charge in [-0.3, -0.25) is 14.8 Å². The second kappa shape index (κ2) is 2.55. The van der Waals surface area contributed by atoms with Gasteiger partial charge in [-0.05, 0) is 6.42 Å². The highest BCUT2D eigenvalue weighted by Crippen LogP contribution is 2.46. The summed E-state index contributed by atoms with van der Waals surface area (Å²) >= 11 is 0. The summed E-state index contributed by atoms with van der Waals surface area (Å²) in [5, 5.41) is 8.64. The first-order valence-electron chi connectivity index (χ1n) is 3.78. The van der Waals surface area contributed by atoms with Gasteiger partial charge < -0.3 is 5.11 Å². The molecule has 0 spiro atoms. The predicted molar refractivity (Wildman–Crippen MR) is 40.5 cm³/mol. The molecule has 4 heteroatoms. The lowest BCUT2D eigenvalue weighted by Crippen LogP contribution is -1.99. The van der Waals surface area contributed by atoms with Gasteiger partial charge in [0.15, 0.2) is 0 Å². The molecule has 0 amide bonds. The topological polar surface area (TPSA) is 63.1 Å². The van der Waals surface area contributed by atoms with Gasteiger partial charge in [-0.25, -0.2) is 0 Å². The van der Waals surface area contributed by atoms with Crippen molar-refractivity contribution in [2.45, 2.75) is 12.3 Å². The Bertz CT molecular complexity index is 299. The maximum Gasteiger partial charge on any atom is 0.307 e. The molecule has 12 heavy (non-hydrogen) atoms. The zero-order valence-corrected chi connectivity index (χ0v) is 6.34. The maximum absolute atomic E-state index is 10.5. The fourth-order valence-corrected chi connectivity index (χ4v) is 1.30. The molecular formula is C8H8N2O2. The van der Waals surface area contributed by atoms with Crippen LogP contribution in [0, 0.1) is 5.92 Å². The van der Waals surface area contributed by atoms with Crippen molar-refractivity contribution in [1.82, 2.24) is 9.97 Å². The zero-order chi connectivity index (χ0) is 8.55. The number of carboxylic acid groups (broad SMARTS) is 1. The molecule has 2 rings (SSSR count). The van der Waals surface area contributed by atoms with Crippen molar-refractivity contribution in [2.24, 2.45) is 5.92 Å². The van der Waals surface area contributed by atoms with E-state index in [1.165, 1.54) is 0 Å². The van der Waals surface area contributed by atoms with Crippen LogP contribution in [0.1, 0.15) is 18.0 Å². The molecule has 62 valence electrons. The summed E-state index contributed by atoms with van der Waals surface area (Å²) in [6.07, 6.45) is 5.51. The number of carbonyl (C=O) groups is 1. The minimum Gasteiger partial charge on any atom is -0.481 e. The zero-order valence-electron chi connectivity index (χ0n) is 6.34. The van der Waals surface area contributed by atoms with Crippen LogP contribution in [0.2, 0.25) is 0 Å². The molecular weight excluding hydrogens is 156 g/mol. The lowest BCUT2D eigenvalue weighted by Gasteiger charge is -1.93. The molecule has 0 radical (unpaired) electrons. The number of hydrogen-bond acceptors (Lipinski definition) is 3. The average molecular weight is 164 g/mol. The predicted octanol–water partition coefficient (Wildman–Crippen LogP) is 0.665. The molecule has 0 aliphatic heterocycles. The molecule has 0 saturated heterocycles. The highest BCUT2D eigenvalue weighted by atomic mass is 16.4. The van der Waals surface area contributed by atoms with Crippen LogP contribution in [0.15, 0.2) is 18.6 Å². The summed E-state index contributed by atoms with van der Waals surface area (Å²) in [5.41, 5.74) is 0.796. The van der Waals surface area contributed by atoms with Gasteiger partial charge in [-0.1, -0.05) is 0 Å². The number of aliphatic carboxylic acids is 1. The first-order valence-corrected chi connectivity index (χ1v) is 3.78. The summed E-state index contributed by atoms with van der Waals surface area (Å²) in [5.74, 6) is -0.872. The fourth-order valence-electron chi connectivity index (χ4n) is 1.30. The first-order chi connectivity index (χ1) is 5.79. The third-order valence-electron chi connectivity index (χ3n) is 2.07. The lowest BCUT2D eigenvalue weighted by atomic mass is 10.2. The molecule has 0 bridgehead atoms. The quantitative estimate of drug-likeness (QED) is 0.697. The van der Waals surface area contributed by atoms with Gasteiger partial charge in [0, 0.05) is 24.5 Å². The molecule has 1 heterocycles. The largest absolute Gasteiger partial charge is 0.481 e. The van der Waals surface area contributed by atoms with E-state index < -0.39 is 5.97 Å². The molecule has 1 aliphatic carbocycles. The Kier molecular flexibility index (Phi) is 1.53. The Morgan fingerprint density at radius 2 is 2.42 bits per heavy atom. The molecule has 4 nitrogen and oxygen atoms in total. The van der Waals surface area contributed by atoms with Crippen LogP contribution in [0.4, 0.5) is 0 Å². The summed E-state index contributed by atoms with van der Waals surface area (Å²) in [7, 11) is 0. The molecule has 1 saturated carbocycles. The molecule has 1 fully saturated rings. The second-order valence-electron chi connectivity index (χ2n) is 2.92. The standard InChI is InChI=1S/C8H8N2O2/c11-8(12)6-3-5(6)7-4-9-1-2-10-7/h1-2,4-6H,3H2,(H,11,12). The van der Waals surface area contributed by atoms with Crippen LogP contribution in [0.5, 0.6) is 0 Å². The van der Waals surface area contributed by atoms with Gasteiger partial charge in [0.05, 0.1) is 11.6 Å². The van der Waals surface area contributed by atoms with E-state index in [0.717, 1.165) is 5.69 Å². The van der Waals surface area contributed by atoms with E-state index in [2.05, 4.69) is 9.97 Å². The molecule has 1 aromatic heterocycles. The van der Waals surface area contributed by atoms with Crippen LogP contribution >= 0.6 is 0 Å². The van der Waals surface area contributed by atoms with Gasteiger partial charge in [-0.15, -0.1) is 0 Å². The van der Waals surface area contributed by atoms with Crippen molar-refractivity contribution in [3.8, 4) is 0 Å². The molecule has 2 atom stereocenters. The third-order valence-corrected chi connectivity index (χ3v) is 2.07. The SMILES string of the molecule is O=C(O)C1CC1c1cnccn1. The van der Waals surface area contributed by atoms with Crippen molar-refractivity contribution in [3.05, 3.63) is 24.3 Å². The Morgan fingerprint density at radius 1 is 1.58 bits per heavy atom. The van der Waals surface area contributed by atoms with Gasteiger partial charge in [0.25, 0.3) is 0 Å². The Labute approximate surface area is 69.3 Å². The minimum atomic E-state index is -0.731. The van der Waals surface area contributed by atoms with E-state index in [1.54, 1.807) is 18.6 Å². The van der Waals surface area contributed by atoms with Crippen LogP contribution < -0.4 is 0 Å². The molecule has 1 aromatic rings.